The summed E-state index contributed by atoms with van der Waals surface area (Å²) in [5.41, 5.74) is 1.05. The molecule has 2 N–H and O–H groups in total. The number of nitrogens with one attached hydrogen (secondary N) is 1. The minimum absolute atomic E-state index is 0.330. The number of benzene rings is 1. The van der Waals surface area contributed by atoms with Crippen LogP contribution in [-0.4, -0.2) is 44.1 Å². The molecule has 1 heterocycles. The van der Waals surface area contributed by atoms with E-state index in [9.17, 15) is 5.11 Å². The maximum absolute atomic E-state index is 9.86. The summed E-state index contributed by atoms with van der Waals surface area (Å²) in [5.74, 6) is 0.570. The first-order valence-corrected chi connectivity index (χ1v) is 7.90. The smallest absolute Gasteiger partial charge is 0.0897 e. The summed E-state index contributed by atoms with van der Waals surface area (Å²) in [4.78, 5) is 0. The molecule has 1 aliphatic heterocycles. The maximum Gasteiger partial charge on any atom is 0.0897 e. The Kier molecular flexibility index (Phi) is 7.47. The van der Waals surface area contributed by atoms with Gasteiger partial charge in [-0.25, -0.2) is 0 Å². The Labute approximate surface area is 131 Å². The van der Waals surface area contributed by atoms with Crippen molar-refractivity contribution in [3.8, 4) is 0 Å². The van der Waals surface area contributed by atoms with Crippen LogP contribution in [0, 0.1) is 5.92 Å². The second kappa shape index (κ2) is 9.38. The lowest BCUT2D eigenvalue weighted by molar-refractivity contribution is 0.0249. The summed E-state index contributed by atoms with van der Waals surface area (Å²) in [6.45, 7) is 3.99. The number of aliphatic hydroxyl groups is 1. The molecule has 1 fully saturated rings. The van der Waals surface area contributed by atoms with E-state index < -0.39 is 6.10 Å². The Hall–Kier alpha value is -0.650. The van der Waals surface area contributed by atoms with Crippen molar-refractivity contribution in [3.05, 3.63) is 34.9 Å². The van der Waals surface area contributed by atoms with Crippen LogP contribution in [0.2, 0.25) is 5.02 Å². The molecule has 0 aromatic heterocycles. The van der Waals surface area contributed by atoms with Crippen LogP contribution >= 0.6 is 11.6 Å². The van der Waals surface area contributed by atoms with E-state index in [1.54, 1.807) is 0 Å². The first-order valence-electron chi connectivity index (χ1n) is 7.53. The molecule has 5 heteroatoms. The van der Waals surface area contributed by atoms with Gasteiger partial charge >= 0.3 is 0 Å². The second-order valence-electron chi connectivity index (χ2n) is 5.54. The van der Waals surface area contributed by atoms with E-state index in [1.807, 2.05) is 24.3 Å². The number of ether oxygens (including phenoxy) is 2. The van der Waals surface area contributed by atoms with Crippen molar-refractivity contribution >= 4 is 11.6 Å². The van der Waals surface area contributed by atoms with Crippen LogP contribution in [-0.2, 0) is 16.1 Å². The van der Waals surface area contributed by atoms with Gasteiger partial charge in [-0.1, -0.05) is 23.7 Å². The molecule has 2 rings (SSSR count). The Morgan fingerprint density at radius 3 is 2.90 bits per heavy atom. The fraction of sp³-hybridized carbons (Fsp3) is 0.625. The van der Waals surface area contributed by atoms with E-state index in [2.05, 4.69) is 5.32 Å². The monoisotopic (exact) mass is 313 g/mol. The molecule has 1 aromatic rings. The Bertz CT molecular complexity index is 393. The molecule has 0 bridgehead atoms. The van der Waals surface area contributed by atoms with Crippen LogP contribution in [0.5, 0.6) is 0 Å². The van der Waals surface area contributed by atoms with Crippen LogP contribution in [0.4, 0.5) is 0 Å². The first-order chi connectivity index (χ1) is 10.2. The number of hydrogen-bond donors (Lipinski definition) is 2. The van der Waals surface area contributed by atoms with Gasteiger partial charge in [0.25, 0.3) is 0 Å². The molecular formula is C16H24ClNO3. The van der Waals surface area contributed by atoms with Gasteiger partial charge in [0.05, 0.1) is 25.9 Å². The molecule has 1 saturated heterocycles. The molecule has 1 aliphatic rings. The molecule has 0 spiro atoms. The topological polar surface area (TPSA) is 50.7 Å². The van der Waals surface area contributed by atoms with E-state index in [0.717, 1.165) is 36.8 Å². The third-order valence-corrected chi connectivity index (χ3v) is 3.81. The summed E-state index contributed by atoms with van der Waals surface area (Å²) >= 11 is 5.82. The molecular weight excluding hydrogens is 290 g/mol. The van der Waals surface area contributed by atoms with Crippen molar-refractivity contribution in [2.75, 3.05) is 32.9 Å². The van der Waals surface area contributed by atoms with Gasteiger partial charge in [-0.3, -0.25) is 0 Å². The molecule has 21 heavy (non-hydrogen) atoms. The SMILES string of the molecule is OC(CNCC1CCCOC1)COCc1ccc(Cl)cc1. The predicted octanol–water partition coefficient (Wildman–Crippen LogP) is 2.23. The van der Waals surface area contributed by atoms with Gasteiger partial charge in [0.1, 0.15) is 0 Å². The third-order valence-electron chi connectivity index (χ3n) is 3.56. The quantitative estimate of drug-likeness (QED) is 0.773. The Balaban J connectivity index is 1.52. The lowest BCUT2D eigenvalue weighted by Gasteiger charge is -2.23. The highest BCUT2D eigenvalue weighted by Crippen LogP contribution is 2.12. The fourth-order valence-corrected chi connectivity index (χ4v) is 2.50. The van der Waals surface area contributed by atoms with E-state index in [-0.39, 0.29) is 0 Å². The van der Waals surface area contributed by atoms with Crippen molar-refractivity contribution in [3.63, 3.8) is 0 Å². The molecule has 2 unspecified atom stereocenters. The second-order valence-corrected chi connectivity index (χ2v) is 5.97. The van der Waals surface area contributed by atoms with E-state index in [1.165, 1.54) is 6.42 Å². The zero-order valence-corrected chi connectivity index (χ0v) is 13.0. The summed E-state index contributed by atoms with van der Waals surface area (Å²) in [6.07, 6.45) is 1.86. The standard InChI is InChI=1S/C16H24ClNO3/c17-15-5-3-13(4-6-15)10-21-12-16(19)9-18-8-14-2-1-7-20-11-14/h3-6,14,16,18-19H,1-2,7-12H2. The summed E-state index contributed by atoms with van der Waals surface area (Å²) in [7, 11) is 0. The van der Waals surface area contributed by atoms with E-state index >= 15 is 0 Å². The molecule has 0 aliphatic carbocycles. The Morgan fingerprint density at radius 1 is 1.38 bits per heavy atom. The van der Waals surface area contributed by atoms with Gasteiger partial charge in [-0.15, -0.1) is 0 Å². The summed E-state index contributed by atoms with van der Waals surface area (Å²) in [6, 6.07) is 7.53. The van der Waals surface area contributed by atoms with Gasteiger partial charge in [0.15, 0.2) is 0 Å². The van der Waals surface area contributed by atoms with Crippen molar-refractivity contribution in [2.24, 2.45) is 5.92 Å². The zero-order valence-electron chi connectivity index (χ0n) is 12.3. The zero-order chi connectivity index (χ0) is 14.9. The predicted molar refractivity (Wildman–Crippen MR) is 83.5 cm³/mol. The fourth-order valence-electron chi connectivity index (χ4n) is 2.37. The minimum atomic E-state index is -0.484. The molecule has 2 atom stereocenters. The normalized spacial score (nSPS) is 20.4. The van der Waals surface area contributed by atoms with Gasteiger partial charge in [0.2, 0.25) is 0 Å². The van der Waals surface area contributed by atoms with Crippen molar-refractivity contribution < 1.29 is 14.6 Å². The molecule has 1 aromatic carbocycles. The summed E-state index contributed by atoms with van der Waals surface area (Å²) in [5, 5.41) is 13.9. The van der Waals surface area contributed by atoms with Crippen LogP contribution in [0.15, 0.2) is 24.3 Å². The largest absolute Gasteiger partial charge is 0.389 e. The number of aliphatic hydroxyl groups excluding tert-OH is 1. The van der Waals surface area contributed by atoms with E-state index in [4.69, 9.17) is 21.1 Å². The highest BCUT2D eigenvalue weighted by molar-refractivity contribution is 6.30. The van der Waals surface area contributed by atoms with Gasteiger partial charge in [-0.05, 0) is 36.5 Å². The lowest BCUT2D eigenvalue weighted by Crippen LogP contribution is -2.35. The van der Waals surface area contributed by atoms with Gasteiger partial charge in [-0.2, -0.15) is 0 Å². The highest BCUT2D eigenvalue weighted by atomic mass is 35.5. The van der Waals surface area contributed by atoms with Crippen LogP contribution < -0.4 is 5.32 Å². The van der Waals surface area contributed by atoms with Crippen LogP contribution in [0.25, 0.3) is 0 Å². The first kappa shape index (κ1) is 16.7. The van der Waals surface area contributed by atoms with Crippen molar-refractivity contribution in [1.29, 1.82) is 0 Å². The van der Waals surface area contributed by atoms with Crippen LogP contribution in [0.3, 0.4) is 0 Å². The summed E-state index contributed by atoms with van der Waals surface area (Å²) < 4.78 is 10.9. The number of rotatable bonds is 8. The van der Waals surface area contributed by atoms with Gasteiger partial charge < -0.3 is 19.9 Å². The highest BCUT2D eigenvalue weighted by Gasteiger charge is 2.14. The number of hydrogen-bond acceptors (Lipinski definition) is 4. The van der Waals surface area contributed by atoms with Crippen molar-refractivity contribution in [1.82, 2.24) is 5.32 Å². The minimum Gasteiger partial charge on any atom is -0.389 e. The van der Waals surface area contributed by atoms with Gasteiger partial charge in [0, 0.05) is 24.7 Å². The molecule has 118 valence electrons. The molecule has 0 saturated carbocycles. The molecule has 0 radical (unpaired) electrons. The van der Waals surface area contributed by atoms with E-state index in [0.29, 0.717) is 25.7 Å². The average molecular weight is 314 g/mol. The van der Waals surface area contributed by atoms with Crippen molar-refractivity contribution in [2.45, 2.75) is 25.6 Å². The Morgan fingerprint density at radius 2 is 2.19 bits per heavy atom. The van der Waals surface area contributed by atoms with Crippen LogP contribution in [0.1, 0.15) is 18.4 Å². The average Bonchev–Trinajstić information content (AvgIpc) is 2.50. The molecule has 4 nitrogen and oxygen atoms in total. The lowest BCUT2D eigenvalue weighted by atomic mass is 10.0. The molecule has 0 amide bonds. The number of halogens is 1. The third kappa shape index (κ3) is 6.76. The maximum atomic E-state index is 9.86.